The fourth-order valence-corrected chi connectivity index (χ4v) is 1.11. The zero-order chi connectivity index (χ0) is 10.6. The topological polar surface area (TPSA) is 46.5 Å². The summed E-state index contributed by atoms with van der Waals surface area (Å²) in [6.45, 7) is 3.93. The van der Waals surface area contributed by atoms with Gasteiger partial charge in [0.15, 0.2) is 6.10 Å². The summed E-state index contributed by atoms with van der Waals surface area (Å²) < 4.78 is 4.70. The average molecular weight is 194 g/mol. The highest BCUT2D eigenvalue weighted by Gasteiger charge is 2.17. The number of aliphatic hydroxyl groups excluding tert-OH is 1. The number of benzene rings is 1. The van der Waals surface area contributed by atoms with E-state index in [1.54, 1.807) is 19.1 Å². The third-order valence-electron chi connectivity index (χ3n) is 1.90. The van der Waals surface area contributed by atoms with E-state index in [0.717, 1.165) is 5.56 Å². The zero-order valence-corrected chi connectivity index (χ0v) is 8.36. The van der Waals surface area contributed by atoms with Crippen molar-refractivity contribution in [2.75, 3.05) is 6.61 Å². The minimum atomic E-state index is -1.17. The number of ether oxygens (including phenoxy) is 1. The van der Waals surface area contributed by atoms with Crippen molar-refractivity contribution >= 4 is 5.97 Å². The fourth-order valence-electron chi connectivity index (χ4n) is 1.11. The summed E-state index contributed by atoms with van der Waals surface area (Å²) in [5.41, 5.74) is 1.65. The second-order valence-electron chi connectivity index (χ2n) is 3.07. The van der Waals surface area contributed by atoms with Crippen molar-refractivity contribution in [3.8, 4) is 0 Å². The van der Waals surface area contributed by atoms with Gasteiger partial charge >= 0.3 is 5.97 Å². The number of carbonyl (C=O) groups is 1. The van der Waals surface area contributed by atoms with E-state index in [2.05, 4.69) is 0 Å². The molecule has 3 heteroatoms. The van der Waals surface area contributed by atoms with E-state index in [9.17, 15) is 9.90 Å². The minimum absolute atomic E-state index is 0.280. The van der Waals surface area contributed by atoms with Crippen LogP contribution in [0.1, 0.15) is 24.2 Å². The molecule has 0 radical (unpaired) electrons. The van der Waals surface area contributed by atoms with Gasteiger partial charge in [0.2, 0.25) is 0 Å². The largest absolute Gasteiger partial charge is 0.464 e. The summed E-state index contributed by atoms with van der Waals surface area (Å²) in [6, 6.07) is 7.13. The van der Waals surface area contributed by atoms with Gasteiger partial charge in [0, 0.05) is 0 Å². The third-order valence-corrected chi connectivity index (χ3v) is 1.90. The molecule has 0 aliphatic rings. The maximum absolute atomic E-state index is 11.2. The van der Waals surface area contributed by atoms with Crippen LogP contribution >= 0.6 is 0 Å². The number of hydrogen-bond donors (Lipinski definition) is 1. The highest BCUT2D eigenvalue weighted by Crippen LogP contribution is 2.14. The second-order valence-corrected chi connectivity index (χ2v) is 3.07. The van der Waals surface area contributed by atoms with Crippen LogP contribution in [-0.2, 0) is 9.53 Å². The molecule has 1 rings (SSSR count). The van der Waals surface area contributed by atoms with Crippen molar-refractivity contribution in [1.82, 2.24) is 0 Å². The van der Waals surface area contributed by atoms with Gasteiger partial charge in [-0.15, -0.1) is 0 Å². The molecule has 0 aromatic heterocycles. The standard InChI is InChI=1S/C11H14O3/c1-3-14-11(13)10(12)9-6-4-8(2)5-7-9/h4-7,10,12H,3H2,1-2H3/t10-/m1/s1. The number of hydrogen-bond acceptors (Lipinski definition) is 3. The molecule has 0 aliphatic heterocycles. The minimum Gasteiger partial charge on any atom is -0.464 e. The number of aryl methyl sites for hydroxylation is 1. The molecule has 1 N–H and O–H groups in total. The summed E-state index contributed by atoms with van der Waals surface area (Å²) in [7, 11) is 0. The van der Waals surface area contributed by atoms with Crippen LogP contribution in [0.15, 0.2) is 24.3 Å². The van der Waals surface area contributed by atoms with Gasteiger partial charge in [-0.2, -0.15) is 0 Å². The smallest absolute Gasteiger partial charge is 0.339 e. The SMILES string of the molecule is CCOC(=O)[C@H](O)c1ccc(C)cc1. The summed E-state index contributed by atoms with van der Waals surface area (Å²) in [5, 5.41) is 9.54. The molecule has 0 heterocycles. The first-order valence-corrected chi connectivity index (χ1v) is 4.56. The molecule has 0 fully saturated rings. The average Bonchev–Trinajstić information content (AvgIpc) is 2.18. The highest BCUT2D eigenvalue weighted by atomic mass is 16.5. The fraction of sp³-hybridized carbons (Fsp3) is 0.364. The first-order valence-electron chi connectivity index (χ1n) is 4.56. The molecule has 0 spiro atoms. The summed E-state index contributed by atoms with van der Waals surface area (Å²) in [5.74, 6) is -0.601. The zero-order valence-electron chi connectivity index (χ0n) is 8.36. The summed E-state index contributed by atoms with van der Waals surface area (Å²) in [6.07, 6.45) is -1.17. The van der Waals surface area contributed by atoms with Gasteiger partial charge in [-0.05, 0) is 19.4 Å². The highest BCUT2D eigenvalue weighted by molar-refractivity contribution is 5.76. The molecule has 1 aromatic rings. The molecule has 0 saturated heterocycles. The molecule has 14 heavy (non-hydrogen) atoms. The van der Waals surface area contributed by atoms with Crippen molar-refractivity contribution in [2.45, 2.75) is 20.0 Å². The molecule has 76 valence electrons. The Kier molecular flexibility index (Phi) is 3.65. The van der Waals surface area contributed by atoms with E-state index < -0.39 is 12.1 Å². The van der Waals surface area contributed by atoms with Crippen molar-refractivity contribution in [3.63, 3.8) is 0 Å². The Balaban J connectivity index is 2.73. The molecule has 1 aromatic carbocycles. The molecule has 3 nitrogen and oxygen atoms in total. The number of rotatable bonds is 3. The van der Waals surface area contributed by atoms with Crippen molar-refractivity contribution < 1.29 is 14.6 Å². The Morgan fingerprint density at radius 2 is 2.00 bits per heavy atom. The van der Waals surface area contributed by atoms with Crippen molar-refractivity contribution in [3.05, 3.63) is 35.4 Å². The van der Waals surface area contributed by atoms with Crippen molar-refractivity contribution in [2.24, 2.45) is 0 Å². The molecule has 0 aliphatic carbocycles. The summed E-state index contributed by atoms with van der Waals surface area (Å²) in [4.78, 5) is 11.2. The van der Waals surface area contributed by atoms with Gasteiger partial charge in [-0.25, -0.2) is 4.79 Å². The van der Waals surface area contributed by atoms with Crippen LogP contribution in [0.3, 0.4) is 0 Å². The predicted molar refractivity (Wildman–Crippen MR) is 52.8 cm³/mol. The number of esters is 1. The number of aliphatic hydroxyl groups is 1. The molecule has 0 bridgehead atoms. The van der Waals surface area contributed by atoms with E-state index >= 15 is 0 Å². The Labute approximate surface area is 83.3 Å². The molecular weight excluding hydrogens is 180 g/mol. The quantitative estimate of drug-likeness (QED) is 0.743. The Morgan fingerprint density at radius 1 is 1.43 bits per heavy atom. The van der Waals surface area contributed by atoms with Gasteiger partial charge in [-0.3, -0.25) is 0 Å². The molecular formula is C11H14O3. The Hall–Kier alpha value is -1.35. The van der Waals surface area contributed by atoms with Crippen LogP contribution in [0.5, 0.6) is 0 Å². The first kappa shape index (κ1) is 10.7. The summed E-state index contributed by atoms with van der Waals surface area (Å²) >= 11 is 0. The molecule has 1 atom stereocenters. The van der Waals surface area contributed by atoms with Crippen LogP contribution < -0.4 is 0 Å². The maximum Gasteiger partial charge on any atom is 0.339 e. The predicted octanol–water partition coefficient (Wildman–Crippen LogP) is 1.59. The molecule has 0 saturated carbocycles. The lowest BCUT2D eigenvalue weighted by Crippen LogP contribution is -2.15. The molecule has 0 amide bonds. The lowest BCUT2D eigenvalue weighted by atomic mass is 10.1. The monoisotopic (exact) mass is 194 g/mol. The van der Waals surface area contributed by atoms with Crippen LogP contribution in [0.2, 0.25) is 0 Å². The third kappa shape index (κ3) is 2.57. The van der Waals surface area contributed by atoms with Crippen molar-refractivity contribution in [1.29, 1.82) is 0 Å². The lowest BCUT2D eigenvalue weighted by Gasteiger charge is -2.09. The molecule has 0 unspecified atom stereocenters. The van der Waals surface area contributed by atoms with Gasteiger partial charge in [0.1, 0.15) is 0 Å². The van der Waals surface area contributed by atoms with Gasteiger partial charge in [0.25, 0.3) is 0 Å². The lowest BCUT2D eigenvalue weighted by molar-refractivity contribution is -0.153. The normalized spacial score (nSPS) is 12.2. The van der Waals surface area contributed by atoms with Gasteiger partial charge in [-0.1, -0.05) is 29.8 Å². The van der Waals surface area contributed by atoms with Gasteiger partial charge < -0.3 is 9.84 Å². The van der Waals surface area contributed by atoms with E-state index in [-0.39, 0.29) is 6.61 Å². The second kappa shape index (κ2) is 4.77. The van der Waals surface area contributed by atoms with Gasteiger partial charge in [0.05, 0.1) is 6.61 Å². The van der Waals surface area contributed by atoms with E-state index in [1.807, 2.05) is 19.1 Å². The maximum atomic E-state index is 11.2. The Morgan fingerprint density at radius 3 is 2.50 bits per heavy atom. The van der Waals surface area contributed by atoms with E-state index in [0.29, 0.717) is 5.56 Å². The first-order chi connectivity index (χ1) is 6.65. The van der Waals surface area contributed by atoms with Crippen LogP contribution in [0.25, 0.3) is 0 Å². The Bertz CT molecular complexity index is 303. The van der Waals surface area contributed by atoms with E-state index in [1.165, 1.54) is 0 Å². The van der Waals surface area contributed by atoms with Crippen LogP contribution in [-0.4, -0.2) is 17.7 Å². The van der Waals surface area contributed by atoms with E-state index in [4.69, 9.17) is 4.74 Å². The number of carbonyl (C=O) groups excluding carboxylic acids is 1. The van der Waals surface area contributed by atoms with Crippen LogP contribution in [0.4, 0.5) is 0 Å². The van der Waals surface area contributed by atoms with Crippen LogP contribution in [0, 0.1) is 6.92 Å².